The summed E-state index contributed by atoms with van der Waals surface area (Å²) in [5, 5.41) is 11.7. The van der Waals surface area contributed by atoms with Gasteiger partial charge >= 0.3 is 12.8 Å². The second-order valence-corrected chi connectivity index (χ2v) is 7.91. The molecular formula is C23H16F5N3O2S. The molecule has 11 heteroatoms. The second kappa shape index (κ2) is 10.5. The number of halogens is 5. The Hall–Kier alpha value is -3.65. The summed E-state index contributed by atoms with van der Waals surface area (Å²) >= 11 is 0.683. The molecule has 0 aliphatic heterocycles. The van der Waals surface area contributed by atoms with E-state index >= 15 is 0 Å². The van der Waals surface area contributed by atoms with Crippen LogP contribution in [-0.4, -0.2) is 23.3 Å². The molecule has 0 atom stereocenters. The van der Waals surface area contributed by atoms with Crippen LogP contribution >= 0.6 is 11.8 Å². The molecule has 0 bridgehead atoms. The zero-order valence-electron chi connectivity index (χ0n) is 17.5. The number of thioether (sulfide) groups is 1. The van der Waals surface area contributed by atoms with Crippen LogP contribution in [0.5, 0.6) is 5.75 Å². The molecule has 1 N–H and O–H groups in total. The lowest BCUT2D eigenvalue weighted by Crippen LogP contribution is -2.15. The predicted molar refractivity (Wildman–Crippen MR) is 117 cm³/mol. The Morgan fingerprint density at radius 1 is 1.15 bits per heavy atom. The van der Waals surface area contributed by atoms with Gasteiger partial charge in [0.1, 0.15) is 16.8 Å². The Labute approximate surface area is 195 Å². The van der Waals surface area contributed by atoms with Gasteiger partial charge in [-0.15, -0.1) is 0 Å². The number of amides is 1. The Bertz CT molecular complexity index is 1210. The van der Waals surface area contributed by atoms with E-state index in [-0.39, 0.29) is 27.8 Å². The standard InChI is InChI=1S/C23H16F5N3O2S/c1-13-2-6-15(7-3-13)30-20(32)12-34-21-17(11-29)18(23(26,27)28)10-19(31-21)14-4-8-16(9-5-14)33-22(24)25/h2-10,22H,12H2,1H3,(H,30,32). The van der Waals surface area contributed by atoms with Crippen molar-refractivity contribution in [1.29, 1.82) is 5.26 Å². The van der Waals surface area contributed by atoms with Crippen molar-refractivity contribution < 1.29 is 31.5 Å². The number of benzene rings is 2. The molecule has 0 spiro atoms. The third kappa shape index (κ3) is 6.45. The average molecular weight is 493 g/mol. The van der Waals surface area contributed by atoms with Crippen LogP contribution in [0.4, 0.5) is 27.6 Å². The van der Waals surface area contributed by atoms with Gasteiger partial charge in [0.25, 0.3) is 0 Å². The first-order chi connectivity index (χ1) is 16.1. The highest BCUT2D eigenvalue weighted by atomic mass is 32.2. The highest BCUT2D eigenvalue weighted by Gasteiger charge is 2.36. The number of hydrogen-bond donors (Lipinski definition) is 1. The molecule has 176 valence electrons. The fourth-order valence-corrected chi connectivity index (χ4v) is 3.68. The van der Waals surface area contributed by atoms with Crippen LogP contribution in [0.1, 0.15) is 16.7 Å². The summed E-state index contributed by atoms with van der Waals surface area (Å²) in [6.07, 6.45) is -4.86. The molecule has 0 saturated carbocycles. The minimum absolute atomic E-state index is 0.142. The molecule has 1 heterocycles. The summed E-state index contributed by atoms with van der Waals surface area (Å²) in [6, 6.07) is 14.0. The molecular weight excluding hydrogens is 477 g/mol. The monoisotopic (exact) mass is 493 g/mol. The molecule has 34 heavy (non-hydrogen) atoms. The van der Waals surface area contributed by atoms with E-state index in [1.54, 1.807) is 24.3 Å². The fraction of sp³-hybridized carbons (Fsp3) is 0.174. The van der Waals surface area contributed by atoms with Gasteiger partial charge in [-0.25, -0.2) is 4.98 Å². The Balaban J connectivity index is 1.90. The Kier molecular flexibility index (Phi) is 7.73. The largest absolute Gasteiger partial charge is 0.435 e. The smallest absolute Gasteiger partial charge is 0.417 e. The third-order valence-electron chi connectivity index (χ3n) is 4.45. The number of rotatable bonds is 7. The van der Waals surface area contributed by atoms with Gasteiger partial charge in [-0.2, -0.15) is 27.2 Å². The second-order valence-electron chi connectivity index (χ2n) is 6.95. The fourth-order valence-electron chi connectivity index (χ4n) is 2.88. The quantitative estimate of drug-likeness (QED) is 0.310. The number of carbonyl (C=O) groups excluding carboxylic acids is 1. The van der Waals surface area contributed by atoms with Gasteiger partial charge in [-0.3, -0.25) is 4.79 Å². The summed E-state index contributed by atoms with van der Waals surface area (Å²) in [5.74, 6) is -0.963. The van der Waals surface area contributed by atoms with Gasteiger partial charge in [0, 0.05) is 11.3 Å². The molecule has 0 unspecified atom stereocenters. The zero-order chi connectivity index (χ0) is 24.9. The number of aromatic nitrogens is 1. The molecule has 0 fully saturated rings. The van der Waals surface area contributed by atoms with Crippen LogP contribution in [0.2, 0.25) is 0 Å². The number of hydrogen-bond acceptors (Lipinski definition) is 5. The topological polar surface area (TPSA) is 75.0 Å². The third-order valence-corrected chi connectivity index (χ3v) is 5.43. The first-order valence-electron chi connectivity index (χ1n) is 9.63. The van der Waals surface area contributed by atoms with Crippen LogP contribution in [0.25, 0.3) is 11.3 Å². The lowest BCUT2D eigenvalue weighted by molar-refractivity contribution is -0.138. The number of nitriles is 1. The molecule has 2 aromatic carbocycles. The van der Waals surface area contributed by atoms with Crippen LogP contribution in [0.15, 0.2) is 59.6 Å². The van der Waals surface area contributed by atoms with E-state index in [4.69, 9.17) is 0 Å². The molecule has 0 saturated heterocycles. The van der Waals surface area contributed by atoms with Crippen molar-refractivity contribution in [2.75, 3.05) is 11.1 Å². The molecule has 3 rings (SSSR count). The lowest BCUT2D eigenvalue weighted by Gasteiger charge is -2.14. The highest BCUT2D eigenvalue weighted by Crippen LogP contribution is 2.38. The molecule has 5 nitrogen and oxygen atoms in total. The number of anilines is 1. The van der Waals surface area contributed by atoms with Crippen LogP contribution in [0, 0.1) is 18.3 Å². The number of aryl methyl sites for hydroxylation is 1. The molecule has 0 aliphatic rings. The van der Waals surface area contributed by atoms with Crippen molar-refractivity contribution >= 4 is 23.4 Å². The highest BCUT2D eigenvalue weighted by molar-refractivity contribution is 8.00. The molecule has 0 radical (unpaired) electrons. The summed E-state index contributed by atoms with van der Waals surface area (Å²) in [4.78, 5) is 16.4. The number of ether oxygens (including phenoxy) is 1. The van der Waals surface area contributed by atoms with Gasteiger partial charge in [-0.05, 0) is 49.4 Å². The van der Waals surface area contributed by atoms with E-state index in [0.717, 1.165) is 17.7 Å². The summed E-state index contributed by atoms with van der Waals surface area (Å²) in [6.45, 7) is -1.17. The zero-order valence-corrected chi connectivity index (χ0v) is 18.3. The van der Waals surface area contributed by atoms with Crippen molar-refractivity contribution in [3.05, 3.63) is 71.3 Å². The van der Waals surface area contributed by atoms with Crippen molar-refractivity contribution in [2.24, 2.45) is 0 Å². The van der Waals surface area contributed by atoms with Gasteiger partial charge in [-0.1, -0.05) is 29.5 Å². The first kappa shape index (κ1) is 25.0. The van der Waals surface area contributed by atoms with E-state index < -0.39 is 29.8 Å². The normalized spacial score (nSPS) is 11.2. The van der Waals surface area contributed by atoms with Crippen molar-refractivity contribution in [2.45, 2.75) is 24.7 Å². The van der Waals surface area contributed by atoms with Gasteiger partial charge < -0.3 is 10.1 Å². The summed E-state index contributed by atoms with van der Waals surface area (Å²) in [7, 11) is 0. The minimum atomic E-state index is -4.86. The van der Waals surface area contributed by atoms with E-state index in [2.05, 4.69) is 15.0 Å². The number of alkyl halides is 5. The molecule has 3 aromatic rings. The van der Waals surface area contributed by atoms with E-state index in [9.17, 15) is 32.0 Å². The molecule has 0 aliphatic carbocycles. The van der Waals surface area contributed by atoms with E-state index in [1.807, 2.05) is 6.92 Å². The number of pyridine rings is 1. The average Bonchev–Trinajstić information content (AvgIpc) is 2.78. The van der Waals surface area contributed by atoms with Crippen molar-refractivity contribution in [3.8, 4) is 23.1 Å². The van der Waals surface area contributed by atoms with Crippen molar-refractivity contribution in [3.63, 3.8) is 0 Å². The van der Waals surface area contributed by atoms with Crippen molar-refractivity contribution in [1.82, 2.24) is 4.98 Å². The SMILES string of the molecule is Cc1ccc(NC(=O)CSc2nc(-c3ccc(OC(F)F)cc3)cc(C(F)(F)F)c2C#N)cc1. The minimum Gasteiger partial charge on any atom is -0.435 e. The number of nitrogens with one attached hydrogen (secondary N) is 1. The van der Waals surface area contributed by atoms with Gasteiger partial charge in [0.05, 0.1) is 22.6 Å². The van der Waals surface area contributed by atoms with Crippen LogP contribution in [-0.2, 0) is 11.0 Å². The molecule has 1 amide bonds. The Morgan fingerprint density at radius 2 is 1.79 bits per heavy atom. The van der Waals surface area contributed by atoms with Gasteiger partial charge in [0.2, 0.25) is 5.91 Å². The van der Waals surface area contributed by atoms with Crippen LogP contribution < -0.4 is 10.1 Å². The maximum Gasteiger partial charge on any atom is 0.417 e. The first-order valence-corrected chi connectivity index (χ1v) is 10.6. The van der Waals surface area contributed by atoms with Gasteiger partial charge in [0.15, 0.2) is 0 Å². The maximum atomic E-state index is 13.7. The Morgan fingerprint density at radius 3 is 2.35 bits per heavy atom. The maximum absolute atomic E-state index is 13.7. The van der Waals surface area contributed by atoms with E-state index in [1.165, 1.54) is 18.2 Å². The van der Waals surface area contributed by atoms with E-state index in [0.29, 0.717) is 23.5 Å². The summed E-state index contributed by atoms with van der Waals surface area (Å²) in [5.41, 5.74) is -0.378. The lowest BCUT2D eigenvalue weighted by atomic mass is 10.1. The molecule has 1 aromatic heterocycles. The number of carbonyl (C=O) groups is 1. The van der Waals surface area contributed by atoms with Crippen LogP contribution in [0.3, 0.4) is 0 Å². The number of nitrogens with zero attached hydrogens (tertiary/aromatic N) is 2. The predicted octanol–water partition coefficient (Wildman–Crippen LogP) is 6.28. The summed E-state index contributed by atoms with van der Waals surface area (Å²) < 4.78 is 69.9.